The van der Waals surface area contributed by atoms with Crippen LogP contribution in [0.15, 0.2) is 30.5 Å². The first-order valence-electron chi connectivity index (χ1n) is 6.97. The van der Waals surface area contributed by atoms with E-state index in [0.717, 1.165) is 5.82 Å². The van der Waals surface area contributed by atoms with Crippen LogP contribution in [0.1, 0.15) is 38.2 Å². The van der Waals surface area contributed by atoms with Crippen molar-refractivity contribution in [2.75, 3.05) is 6.61 Å². The van der Waals surface area contributed by atoms with Crippen LogP contribution in [0.4, 0.5) is 0 Å². The summed E-state index contributed by atoms with van der Waals surface area (Å²) in [6, 6.07) is 7.50. The third kappa shape index (κ3) is 3.85. The van der Waals surface area contributed by atoms with Crippen LogP contribution < -0.4 is 9.47 Å². The average Bonchev–Trinajstić information content (AvgIpc) is 2.49. The molecule has 0 radical (unpaired) electrons. The summed E-state index contributed by atoms with van der Waals surface area (Å²) in [7, 11) is 0. The van der Waals surface area contributed by atoms with Gasteiger partial charge in [0.05, 0.1) is 18.7 Å². The molecular weight excluding hydrogens is 288 g/mol. The first-order chi connectivity index (χ1) is 10.2. The molecule has 0 spiro atoms. The Bertz CT molecular complexity index is 603. The van der Waals surface area contributed by atoms with E-state index in [1.54, 1.807) is 6.20 Å². The molecule has 21 heavy (non-hydrogen) atoms. The van der Waals surface area contributed by atoms with E-state index in [4.69, 9.17) is 21.1 Å². The highest BCUT2D eigenvalue weighted by molar-refractivity contribution is 6.17. The molecule has 0 bridgehead atoms. The number of rotatable bonds is 6. The lowest BCUT2D eigenvalue weighted by Crippen LogP contribution is -2.03. The highest BCUT2D eigenvalue weighted by atomic mass is 35.5. The summed E-state index contributed by atoms with van der Waals surface area (Å²) in [6.45, 7) is 6.59. The topological polar surface area (TPSA) is 44.2 Å². The lowest BCUT2D eigenvalue weighted by atomic mass is 10.2. The Morgan fingerprint density at radius 2 is 1.86 bits per heavy atom. The second-order valence-corrected chi connectivity index (χ2v) is 5.08. The van der Waals surface area contributed by atoms with Crippen molar-refractivity contribution in [3.8, 4) is 17.2 Å². The molecule has 0 aliphatic rings. The van der Waals surface area contributed by atoms with E-state index < -0.39 is 0 Å². The quantitative estimate of drug-likeness (QED) is 0.735. The van der Waals surface area contributed by atoms with Crippen molar-refractivity contribution < 1.29 is 9.47 Å². The van der Waals surface area contributed by atoms with E-state index in [1.807, 2.05) is 45.0 Å². The van der Waals surface area contributed by atoms with E-state index in [2.05, 4.69) is 9.97 Å². The molecule has 112 valence electrons. The smallest absolute Gasteiger partial charge is 0.169 e. The van der Waals surface area contributed by atoms with E-state index in [0.29, 0.717) is 29.5 Å². The Morgan fingerprint density at radius 3 is 2.48 bits per heavy atom. The molecule has 2 rings (SSSR count). The molecule has 0 aliphatic carbocycles. The molecule has 0 fully saturated rings. The van der Waals surface area contributed by atoms with Crippen LogP contribution in [-0.4, -0.2) is 16.6 Å². The number of alkyl halides is 1. The van der Waals surface area contributed by atoms with Crippen LogP contribution in [0.25, 0.3) is 0 Å². The van der Waals surface area contributed by atoms with Crippen molar-refractivity contribution in [1.82, 2.24) is 9.97 Å². The van der Waals surface area contributed by atoms with Gasteiger partial charge in [-0.1, -0.05) is 26.0 Å². The zero-order chi connectivity index (χ0) is 15.2. The number of hydrogen-bond acceptors (Lipinski definition) is 4. The van der Waals surface area contributed by atoms with Crippen molar-refractivity contribution in [2.45, 2.75) is 32.6 Å². The first kappa shape index (κ1) is 15.6. The van der Waals surface area contributed by atoms with Gasteiger partial charge in [-0.25, -0.2) is 9.97 Å². The van der Waals surface area contributed by atoms with E-state index in [9.17, 15) is 0 Å². The molecule has 0 atom stereocenters. The largest absolute Gasteiger partial charge is 0.490 e. The van der Waals surface area contributed by atoms with Gasteiger partial charge in [0, 0.05) is 5.92 Å². The molecule has 0 aliphatic heterocycles. The van der Waals surface area contributed by atoms with Crippen LogP contribution in [-0.2, 0) is 5.88 Å². The zero-order valence-electron chi connectivity index (χ0n) is 12.5. The van der Waals surface area contributed by atoms with Gasteiger partial charge in [-0.3, -0.25) is 0 Å². The zero-order valence-corrected chi connectivity index (χ0v) is 13.2. The molecule has 5 heteroatoms. The summed E-state index contributed by atoms with van der Waals surface area (Å²) in [5.41, 5.74) is 0.682. The van der Waals surface area contributed by atoms with Crippen LogP contribution >= 0.6 is 11.6 Å². The molecule has 2 aromatic rings. The second kappa shape index (κ2) is 7.27. The number of benzene rings is 1. The Labute approximate surface area is 130 Å². The van der Waals surface area contributed by atoms with E-state index >= 15 is 0 Å². The third-order valence-corrected chi connectivity index (χ3v) is 3.11. The minimum absolute atomic E-state index is 0.247. The summed E-state index contributed by atoms with van der Waals surface area (Å²) in [5.74, 6) is 3.16. The third-order valence-electron chi connectivity index (χ3n) is 2.86. The molecule has 1 aromatic heterocycles. The van der Waals surface area contributed by atoms with Gasteiger partial charge in [0.1, 0.15) is 11.5 Å². The predicted octanol–water partition coefficient (Wildman–Crippen LogP) is 4.53. The highest BCUT2D eigenvalue weighted by Gasteiger charge is 2.13. The maximum atomic E-state index is 5.97. The summed E-state index contributed by atoms with van der Waals surface area (Å²) < 4.78 is 11.4. The SMILES string of the molecule is CCOc1ccccc1Oc1cnc(C(C)C)nc1CCl. The highest BCUT2D eigenvalue weighted by Crippen LogP contribution is 2.33. The Morgan fingerprint density at radius 1 is 1.14 bits per heavy atom. The van der Waals surface area contributed by atoms with Crippen LogP contribution in [0.5, 0.6) is 17.2 Å². The monoisotopic (exact) mass is 306 g/mol. The molecular formula is C16H19ClN2O2. The molecule has 0 saturated carbocycles. The summed E-state index contributed by atoms with van der Waals surface area (Å²) in [4.78, 5) is 8.78. The number of para-hydroxylation sites is 2. The van der Waals surface area contributed by atoms with Crippen molar-refractivity contribution in [3.05, 3.63) is 42.0 Å². The summed E-state index contributed by atoms with van der Waals surface area (Å²) in [6.07, 6.45) is 1.67. The molecule has 4 nitrogen and oxygen atoms in total. The van der Waals surface area contributed by atoms with Crippen LogP contribution in [0, 0.1) is 0 Å². The van der Waals surface area contributed by atoms with Crippen LogP contribution in [0.3, 0.4) is 0 Å². The van der Waals surface area contributed by atoms with E-state index in [-0.39, 0.29) is 11.8 Å². The number of aromatic nitrogens is 2. The van der Waals surface area contributed by atoms with Gasteiger partial charge in [-0.2, -0.15) is 0 Å². The molecule has 1 heterocycles. The van der Waals surface area contributed by atoms with Gasteiger partial charge < -0.3 is 9.47 Å². The van der Waals surface area contributed by atoms with Gasteiger partial charge >= 0.3 is 0 Å². The molecule has 0 amide bonds. The van der Waals surface area contributed by atoms with Crippen molar-refractivity contribution >= 4 is 11.6 Å². The second-order valence-electron chi connectivity index (χ2n) is 4.81. The Balaban J connectivity index is 2.31. The first-order valence-corrected chi connectivity index (χ1v) is 7.50. The van der Waals surface area contributed by atoms with Crippen molar-refractivity contribution in [1.29, 1.82) is 0 Å². The molecule has 1 aromatic carbocycles. The fourth-order valence-electron chi connectivity index (χ4n) is 1.81. The van der Waals surface area contributed by atoms with Gasteiger partial charge in [0.25, 0.3) is 0 Å². The summed E-state index contributed by atoms with van der Waals surface area (Å²) >= 11 is 5.97. The lowest BCUT2D eigenvalue weighted by Gasteiger charge is -2.14. The maximum Gasteiger partial charge on any atom is 0.169 e. The minimum Gasteiger partial charge on any atom is -0.490 e. The Kier molecular flexibility index (Phi) is 5.39. The van der Waals surface area contributed by atoms with Gasteiger partial charge in [-0.15, -0.1) is 11.6 Å². The number of halogens is 1. The maximum absolute atomic E-state index is 5.97. The molecule has 0 unspecified atom stereocenters. The normalized spacial score (nSPS) is 10.7. The number of ether oxygens (including phenoxy) is 2. The average molecular weight is 307 g/mol. The van der Waals surface area contributed by atoms with Gasteiger partial charge in [0.15, 0.2) is 17.2 Å². The minimum atomic E-state index is 0.247. The Hall–Kier alpha value is -1.81. The predicted molar refractivity (Wildman–Crippen MR) is 83.4 cm³/mol. The molecule has 0 N–H and O–H groups in total. The van der Waals surface area contributed by atoms with Crippen molar-refractivity contribution in [3.63, 3.8) is 0 Å². The van der Waals surface area contributed by atoms with Crippen LogP contribution in [0.2, 0.25) is 0 Å². The number of hydrogen-bond donors (Lipinski definition) is 0. The van der Waals surface area contributed by atoms with Gasteiger partial charge in [-0.05, 0) is 19.1 Å². The molecule has 0 saturated heterocycles. The lowest BCUT2D eigenvalue weighted by molar-refractivity contribution is 0.320. The fourth-order valence-corrected chi connectivity index (χ4v) is 2.00. The van der Waals surface area contributed by atoms with E-state index in [1.165, 1.54) is 0 Å². The fraction of sp³-hybridized carbons (Fsp3) is 0.375. The standard InChI is InChI=1S/C16H19ClN2O2/c1-4-20-13-7-5-6-8-14(13)21-15-10-18-16(11(2)3)19-12(15)9-17/h5-8,10-11H,4,9H2,1-3H3. The van der Waals surface area contributed by atoms with Crippen molar-refractivity contribution in [2.24, 2.45) is 0 Å². The summed E-state index contributed by atoms with van der Waals surface area (Å²) in [5, 5.41) is 0. The van der Waals surface area contributed by atoms with Gasteiger partial charge in [0.2, 0.25) is 0 Å². The number of nitrogens with zero attached hydrogens (tertiary/aromatic N) is 2.